The lowest BCUT2D eigenvalue weighted by atomic mass is 9.99. The Morgan fingerprint density at radius 1 is 1.25 bits per heavy atom. The van der Waals surface area contributed by atoms with Crippen molar-refractivity contribution in [1.29, 1.82) is 0 Å². The van der Waals surface area contributed by atoms with Gasteiger partial charge in [-0.3, -0.25) is 4.79 Å². The van der Waals surface area contributed by atoms with Gasteiger partial charge in [0.1, 0.15) is 0 Å². The van der Waals surface area contributed by atoms with Crippen LogP contribution in [-0.4, -0.2) is 33.4 Å². The van der Waals surface area contributed by atoms with E-state index < -0.39 is 0 Å². The molecule has 1 atom stereocenters. The summed E-state index contributed by atoms with van der Waals surface area (Å²) >= 11 is 0. The van der Waals surface area contributed by atoms with Crippen LogP contribution in [0.15, 0.2) is 48.8 Å². The molecule has 2 aromatic carbocycles. The van der Waals surface area contributed by atoms with Gasteiger partial charge in [-0.05, 0) is 48.6 Å². The molecule has 1 aliphatic heterocycles. The minimum absolute atomic E-state index is 0.117. The van der Waals surface area contributed by atoms with E-state index in [0.717, 1.165) is 42.4 Å². The Kier molecular flexibility index (Phi) is 3.81. The number of hydrogen-bond donors (Lipinski definition) is 1. The number of H-pyrrole nitrogens is 1. The van der Waals surface area contributed by atoms with E-state index in [-0.39, 0.29) is 11.9 Å². The fraction of sp³-hybridized carbons (Fsp3) is 0.300. The van der Waals surface area contributed by atoms with Crippen molar-refractivity contribution in [2.45, 2.75) is 32.2 Å². The maximum atomic E-state index is 13.1. The lowest BCUT2D eigenvalue weighted by molar-refractivity contribution is 0.0681. The number of carbonyl (C=O) groups excluding carboxylic acids is 1. The van der Waals surface area contributed by atoms with Gasteiger partial charge in [-0.25, -0.2) is 4.98 Å². The molecule has 0 fully saturated rings. The third-order valence-corrected chi connectivity index (χ3v) is 5.04. The number of hydrogen-bond acceptors (Lipinski definition) is 2. The molecule has 0 saturated carbocycles. The van der Waals surface area contributed by atoms with Crippen LogP contribution in [0.4, 0.5) is 0 Å². The maximum Gasteiger partial charge on any atom is 0.254 e. The first-order valence-corrected chi connectivity index (χ1v) is 8.57. The molecule has 3 aromatic rings. The molecule has 4 rings (SSSR count). The largest absolute Gasteiger partial charge is 0.345 e. The smallest absolute Gasteiger partial charge is 0.254 e. The molecular formula is C20H21N3O. The van der Waals surface area contributed by atoms with Crippen molar-refractivity contribution < 1.29 is 4.79 Å². The van der Waals surface area contributed by atoms with Crippen LogP contribution in [0.2, 0.25) is 0 Å². The molecule has 1 amide bonds. The van der Waals surface area contributed by atoms with E-state index in [4.69, 9.17) is 0 Å². The summed E-state index contributed by atoms with van der Waals surface area (Å²) in [7, 11) is 0. The van der Waals surface area contributed by atoms with Crippen LogP contribution >= 0.6 is 0 Å². The number of fused-ring (bicyclic) bond motifs is 2. The molecule has 1 N–H and O–H groups in total. The van der Waals surface area contributed by atoms with Crippen LogP contribution in [0.5, 0.6) is 0 Å². The second-order valence-corrected chi connectivity index (χ2v) is 6.42. The van der Waals surface area contributed by atoms with E-state index in [1.165, 1.54) is 11.1 Å². The van der Waals surface area contributed by atoms with Gasteiger partial charge in [0, 0.05) is 18.2 Å². The Labute approximate surface area is 141 Å². The monoisotopic (exact) mass is 319 g/mol. The predicted molar refractivity (Wildman–Crippen MR) is 95.1 cm³/mol. The van der Waals surface area contributed by atoms with Crippen molar-refractivity contribution in [1.82, 2.24) is 14.9 Å². The lowest BCUT2D eigenvalue weighted by Gasteiger charge is -2.29. The van der Waals surface area contributed by atoms with Crippen molar-refractivity contribution in [2.75, 3.05) is 6.54 Å². The fourth-order valence-electron chi connectivity index (χ4n) is 3.65. The van der Waals surface area contributed by atoms with Crippen LogP contribution in [0, 0.1) is 0 Å². The summed E-state index contributed by atoms with van der Waals surface area (Å²) in [6.45, 7) is 2.94. The molecule has 2 heterocycles. The van der Waals surface area contributed by atoms with Gasteiger partial charge in [0.15, 0.2) is 0 Å². The third kappa shape index (κ3) is 2.58. The first kappa shape index (κ1) is 14.9. The first-order chi connectivity index (χ1) is 11.8. The molecule has 0 spiro atoms. The summed E-state index contributed by atoms with van der Waals surface area (Å²) in [5, 5.41) is 0. The molecule has 0 radical (unpaired) electrons. The van der Waals surface area contributed by atoms with Crippen LogP contribution < -0.4 is 0 Å². The molecule has 4 nitrogen and oxygen atoms in total. The standard InChI is InChI=1S/C20H21N3O/c1-2-17-11-15-6-4-3-5-14(15)9-10-23(17)20(24)16-7-8-18-19(12-16)22-13-21-18/h3-8,12-13,17H,2,9-11H2,1H3,(H,21,22). The van der Waals surface area contributed by atoms with Gasteiger partial charge < -0.3 is 9.88 Å². The van der Waals surface area contributed by atoms with Gasteiger partial charge in [-0.1, -0.05) is 31.2 Å². The van der Waals surface area contributed by atoms with Crippen LogP contribution in [0.25, 0.3) is 11.0 Å². The van der Waals surface area contributed by atoms with Crippen molar-refractivity contribution in [2.24, 2.45) is 0 Å². The number of nitrogens with one attached hydrogen (secondary N) is 1. The minimum Gasteiger partial charge on any atom is -0.345 e. The van der Waals surface area contributed by atoms with E-state index >= 15 is 0 Å². The molecule has 24 heavy (non-hydrogen) atoms. The molecule has 1 unspecified atom stereocenters. The number of carbonyl (C=O) groups is 1. The number of imidazole rings is 1. The van der Waals surface area contributed by atoms with E-state index in [2.05, 4.69) is 46.1 Å². The number of benzene rings is 2. The van der Waals surface area contributed by atoms with Gasteiger partial charge in [-0.15, -0.1) is 0 Å². The zero-order chi connectivity index (χ0) is 16.5. The highest BCUT2D eigenvalue weighted by molar-refractivity contribution is 5.97. The van der Waals surface area contributed by atoms with Gasteiger partial charge in [0.05, 0.1) is 17.4 Å². The van der Waals surface area contributed by atoms with Gasteiger partial charge in [0.25, 0.3) is 5.91 Å². The summed E-state index contributed by atoms with van der Waals surface area (Å²) < 4.78 is 0. The summed E-state index contributed by atoms with van der Waals surface area (Å²) in [4.78, 5) is 22.5. The Morgan fingerprint density at radius 2 is 2.08 bits per heavy atom. The predicted octanol–water partition coefficient (Wildman–Crippen LogP) is 3.58. The summed E-state index contributed by atoms with van der Waals surface area (Å²) in [6, 6.07) is 14.5. The second kappa shape index (κ2) is 6.11. The second-order valence-electron chi connectivity index (χ2n) is 6.42. The summed E-state index contributed by atoms with van der Waals surface area (Å²) in [6.07, 6.45) is 4.48. The zero-order valence-electron chi connectivity index (χ0n) is 13.8. The van der Waals surface area contributed by atoms with E-state index in [9.17, 15) is 4.79 Å². The molecule has 0 saturated heterocycles. The minimum atomic E-state index is 0.117. The highest BCUT2D eigenvalue weighted by Crippen LogP contribution is 2.24. The molecule has 1 aromatic heterocycles. The van der Waals surface area contributed by atoms with Crippen LogP contribution in [-0.2, 0) is 12.8 Å². The van der Waals surface area contributed by atoms with Crippen molar-refractivity contribution in [3.05, 3.63) is 65.5 Å². The van der Waals surface area contributed by atoms with Crippen LogP contribution in [0.1, 0.15) is 34.8 Å². The normalized spacial score (nSPS) is 17.5. The quantitative estimate of drug-likeness (QED) is 0.785. The first-order valence-electron chi connectivity index (χ1n) is 8.57. The average molecular weight is 319 g/mol. The van der Waals surface area contributed by atoms with Crippen molar-refractivity contribution >= 4 is 16.9 Å². The molecule has 0 aliphatic carbocycles. The van der Waals surface area contributed by atoms with E-state index in [1.54, 1.807) is 6.33 Å². The number of amides is 1. The molecule has 0 bridgehead atoms. The maximum absolute atomic E-state index is 13.1. The average Bonchev–Trinajstić information content (AvgIpc) is 3.00. The number of aromatic nitrogens is 2. The van der Waals surface area contributed by atoms with Gasteiger partial charge >= 0.3 is 0 Å². The zero-order valence-corrected chi connectivity index (χ0v) is 13.8. The van der Waals surface area contributed by atoms with E-state index in [1.807, 2.05) is 18.2 Å². The summed E-state index contributed by atoms with van der Waals surface area (Å²) in [5.74, 6) is 0.117. The number of aromatic amines is 1. The molecule has 1 aliphatic rings. The van der Waals surface area contributed by atoms with Crippen molar-refractivity contribution in [3.63, 3.8) is 0 Å². The number of nitrogens with zero attached hydrogens (tertiary/aromatic N) is 2. The highest BCUT2D eigenvalue weighted by Gasteiger charge is 2.27. The Morgan fingerprint density at radius 3 is 2.92 bits per heavy atom. The van der Waals surface area contributed by atoms with Crippen molar-refractivity contribution in [3.8, 4) is 0 Å². The lowest BCUT2D eigenvalue weighted by Crippen LogP contribution is -2.41. The molecule has 4 heteroatoms. The number of rotatable bonds is 2. The Balaban J connectivity index is 1.65. The van der Waals surface area contributed by atoms with Crippen LogP contribution in [0.3, 0.4) is 0 Å². The topological polar surface area (TPSA) is 49.0 Å². The SMILES string of the molecule is CCC1Cc2ccccc2CCN1C(=O)c1ccc2nc[nH]c2c1. The molecular weight excluding hydrogens is 298 g/mol. The Bertz CT molecular complexity index is 883. The van der Waals surface area contributed by atoms with E-state index in [0.29, 0.717) is 0 Å². The third-order valence-electron chi connectivity index (χ3n) is 5.04. The van der Waals surface area contributed by atoms with Gasteiger partial charge in [-0.2, -0.15) is 0 Å². The Hall–Kier alpha value is -2.62. The summed E-state index contributed by atoms with van der Waals surface area (Å²) in [5.41, 5.74) is 5.28. The van der Waals surface area contributed by atoms with Gasteiger partial charge in [0.2, 0.25) is 0 Å². The molecule has 122 valence electrons. The fourth-order valence-corrected chi connectivity index (χ4v) is 3.65. The highest BCUT2D eigenvalue weighted by atomic mass is 16.2.